The molecule has 11 heavy (non-hydrogen) atoms. The Morgan fingerprint density at radius 3 is 2.73 bits per heavy atom. The molecule has 0 aromatic rings. The summed E-state index contributed by atoms with van der Waals surface area (Å²) in [6, 6.07) is 0.779. The fourth-order valence-electron chi connectivity index (χ4n) is 1.93. The lowest BCUT2D eigenvalue weighted by Crippen LogP contribution is -2.25. The first-order valence-corrected chi connectivity index (χ1v) is 4.71. The summed E-state index contributed by atoms with van der Waals surface area (Å²) in [6.07, 6.45) is 6.18. The number of hydrogen-bond acceptors (Lipinski definition) is 1. The Labute approximate surface area is 70.1 Å². The Kier molecular flexibility index (Phi) is 2.98. The molecule has 1 saturated heterocycles. The Morgan fingerprint density at radius 2 is 2.36 bits per heavy atom. The van der Waals surface area contributed by atoms with Crippen LogP contribution >= 0.6 is 0 Å². The predicted octanol–water partition coefficient (Wildman–Crippen LogP) is 2.78. The van der Waals surface area contributed by atoms with Gasteiger partial charge in [-0.3, -0.25) is 0 Å². The number of allylic oxidation sites excluding steroid dienone is 2. The van der Waals surface area contributed by atoms with E-state index in [9.17, 15) is 0 Å². The summed E-state index contributed by atoms with van der Waals surface area (Å²) in [5.41, 5.74) is 1.52. The van der Waals surface area contributed by atoms with Crippen LogP contribution in [-0.2, 0) is 0 Å². The topological polar surface area (TPSA) is 3.24 Å². The highest BCUT2D eigenvalue weighted by Crippen LogP contribution is 2.22. The van der Waals surface area contributed by atoms with Crippen LogP contribution < -0.4 is 0 Å². The van der Waals surface area contributed by atoms with Gasteiger partial charge >= 0.3 is 0 Å². The van der Waals surface area contributed by atoms with Gasteiger partial charge in [0.1, 0.15) is 0 Å². The van der Waals surface area contributed by atoms with E-state index < -0.39 is 0 Å². The van der Waals surface area contributed by atoms with Gasteiger partial charge in [-0.25, -0.2) is 0 Å². The molecule has 0 aromatic carbocycles. The third-order valence-electron chi connectivity index (χ3n) is 2.62. The van der Waals surface area contributed by atoms with Gasteiger partial charge in [0.05, 0.1) is 0 Å². The van der Waals surface area contributed by atoms with E-state index in [1.165, 1.54) is 31.5 Å². The van der Waals surface area contributed by atoms with Crippen molar-refractivity contribution in [2.24, 2.45) is 0 Å². The Hall–Kier alpha value is -0.460. The molecular weight excluding hydrogens is 134 g/mol. The molecule has 1 heteroatoms. The van der Waals surface area contributed by atoms with Crippen LogP contribution in [0.25, 0.3) is 0 Å². The van der Waals surface area contributed by atoms with Gasteiger partial charge < -0.3 is 4.90 Å². The van der Waals surface area contributed by atoms with Crippen molar-refractivity contribution in [3.63, 3.8) is 0 Å². The maximum absolute atomic E-state index is 2.54. The highest BCUT2D eigenvalue weighted by Gasteiger charge is 2.20. The fraction of sp³-hybridized carbons (Fsp3) is 0.800. The highest BCUT2D eigenvalue weighted by molar-refractivity contribution is 5.02. The van der Waals surface area contributed by atoms with E-state index in [1.807, 2.05) is 0 Å². The number of nitrogens with zero attached hydrogens (tertiary/aromatic N) is 1. The van der Waals surface area contributed by atoms with Crippen molar-refractivity contribution < 1.29 is 0 Å². The molecule has 0 radical (unpaired) electrons. The monoisotopic (exact) mass is 153 g/mol. The van der Waals surface area contributed by atoms with Crippen LogP contribution in [0.5, 0.6) is 0 Å². The van der Waals surface area contributed by atoms with Gasteiger partial charge in [0.25, 0.3) is 0 Å². The lowest BCUT2D eigenvalue weighted by molar-refractivity contribution is 0.330. The van der Waals surface area contributed by atoms with Gasteiger partial charge in [-0.05, 0) is 33.1 Å². The minimum absolute atomic E-state index is 0.779. The summed E-state index contributed by atoms with van der Waals surface area (Å²) in [7, 11) is 0. The van der Waals surface area contributed by atoms with E-state index in [2.05, 4.69) is 31.7 Å². The van der Waals surface area contributed by atoms with E-state index in [4.69, 9.17) is 0 Å². The zero-order chi connectivity index (χ0) is 8.27. The molecule has 0 aromatic heterocycles. The van der Waals surface area contributed by atoms with Crippen LogP contribution in [0.4, 0.5) is 0 Å². The smallest absolute Gasteiger partial charge is 0.0259 e. The Bertz CT molecular complexity index is 149. The maximum Gasteiger partial charge on any atom is 0.0259 e. The van der Waals surface area contributed by atoms with Crippen LogP contribution in [0.1, 0.15) is 40.0 Å². The van der Waals surface area contributed by atoms with Gasteiger partial charge in [-0.1, -0.05) is 13.0 Å². The van der Waals surface area contributed by atoms with Crippen LogP contribution in [0.3, 0.4) is 0 Å². The van der Waals surface area contributed by atoms with Crippen LogP contribution in [-0.4, -0.2) is 17.5 Å². The zero-order valence-corrected chi connectivity index (χ0v) is 7.93. The molecule has 1 heterocycles. The van der Waals surface area contributed by atoms with E-state index in [0.717, 1.165) is 6.04 Å². The van der Waals surface area contributed by atoms with Crippen molar-refractivity contribution in [1.29, 1.82) is 0 Å². The lowest BCUT2D eigenvalue weighted by Gasteiger charge is -2.25. The minimum atomic E-state index is 0.779. The Balaban J connectivity index is 2.57. The van der Waals surface area contributed by atoms with E-state index in [0.29, 0.717) is 0 Å². The van der Waals surface area contributed by atoms with E-state index in [1.54, 1.807) is 0 Å². The zero-order valence-electron chi connectivity index (χ0n) is 7.93. The SMILES string of the molecule is C/C=C(\CC)N1CCC[C@H]1C. The number of rotatable bonds is 2. The van der Waals surface area contributed by atoms with Crippen molar-refractivity contribution >= 4 is 0 Å². The molecule has 0 saturated carbocycles. The molecular formula is C10H19N. The second kappa shape index (κ2) is 3.80. The van der Waals surface area contributed by atoms with Crippen molar-refractivity contribution in [3.8, 4) is 0 Å². The van der Waals surface area contributed by atoms with Gasteiger partial charge in [0.15, 0.2) is 0 Å². The first-order chi connectivity index (χ1) is 5.29. The standard InChI is InChI=1S/C10H19N/c1-4-10(5-2)11-8-6-7-9(11)3/h4,9H,5-8H2,1-3H3/b10-4+/t9-/m1/s1. The minimum Gasteiger partial charge on any atom is -0.372 e. The molecule has 0 amide bonds. The summed E-state index contributed by atoms with van der Waals surface area (Å²) in [6.45, 7) is 7.98. The third-order valence-corrected chi connectivity index (χ3v) is 2.62. The second-order valence-corrected chi connectivity index (χ2v) is 3.32. The summed E-state index contributed by atoms with van der Waals surface area (Å²) in [4.78, 5) is 2.54. The quantitative estimate of drug-likeness (QED) is 0.589. The number of likely N-dealkylation sites (tertiary alicyclic amines) is 1. The summed E-state index contributed by atoms with van der Waals surface area (Å²) >= 11 is 0. The molecule has 0 N–H and O–H groups in total. The normalized spacial score (nSPS) is 26.3. The van der Waals surface area contributed by atoms with Gasteiger partial charge in [-0.2, -0.15) is 0 Å². The molecule has 0 aliphatic carbocycles. The molecule has 0 unspecified atom stereocenters. The van der Waals surface area contributed by atoms with E-state index in [-0.39, 0.29) is 0 Å². The molecule has 1 rings (SSSR count). The van der Waals surface area contributed by atoms with Gasteiger partial charge in [-0.15, -0.1) is 0 Å². The average Bonchev–Trinajstić information content (AvgIpc) is 2.40. The first-order valence-electron chi connectivity index (χ1n) is 4.71. The molecule has 0 spiro atoms. The highest BCUT2D eigenvalue weighted by atomic mass is 15.2. The molecule has 1 nitrogen and oxygen atoms in total. The summed E-state index contributed by atoms with van der Waals surface area (Å²) in [5.74, 6) is 0. The van der Waals surface area contributed by atoms with Crippen molar-refractivity contribution in [2.75, 3.05) is 6.54 Å². The lowest BCUT2D eigenvalue weighted by atomic mass is 10.2. The van der Waals surface area contributed by atoms with Crippen LogP contribution in [0, 0.1) is 0 Å². The Morgan fingerprint density at radius 1 is 1.64 bits per heavy atom. The summed E-state index contributed by atoms with van der Waals surface area (Å²) < 4.78 is 0. The van der Waals surface area contributed by atoms with Crippen molar-refractivity contribution in [2.45, 2.75) is 46.1 Å². The maximum atomic E-state index is 2.54. The summed E-state index contributed by atoms with van der Waals surface area (Å²) in [5, 5.41) is 0. The van der Waals surface area contributed by atoms with Crippen molar-refractivity contribution in [3.05, 3.63) is 11.8 Å². The fourth-order valence-corrected chi connectivity index (χ4v) is 1.93. The largest absolute Gasteiger partial charge is 0.372 e. The molecule has 1 atom stereocenters. The average molecular weight is 153 g/mol. The molecule has 1 aliphatic heterocycles. The van der Waals surface area contributed by atoms with Gasteiger partial charge in [0.2, 0.25) is 0 Å². The number of hydrogen-bond donors (Lipinski definition) is 0. The molecule has 1 fully saturated rings. The second-order valence-electron chi connectivity index (χ2n) is 3.32. The molecule has 64 valence electrons. The van der Waals surface area contributed by atoms with Gasteiger partial charge in [0, 0.05) is 18.3 Å². The molecule has 0 bridgehead atoms. The van der Waals surface area contributed by atoms with Crippen molar-refractivity contribution in [1.82, 2.24) is 4.90 Å². The van der Waals surface area contributed by atoms with Crippen LogP contribution in [0.2, 0.25) is 0 Å². The third kappa shape index (κ3) is 1.76. The predicted molar refractivity (Wildman–Crippen MR) is 49.5 cm³/mol. The van der Waals surface area contributed by atoms with E-state index >= 15 is 0 Å². The molecule has 1 aliphatic rings. The first kappa shape index (κ1) is 8.63. The van der Waals surface area contributed by atoms with Crippen LogP contribution in [0.15, 0.2) is 11.8 Å².